The number of nitrogens with zero attached hydrogens (tertiary/aromatic N) is 2. The smallest absolute Gasteiger partial charge is 0.266 e. The number of carbonyl (C=O) groups excluding carboxylic acids is 1. The van der Waals surface area contributed by atoms with E-state index in [4.69, 9.17) is 9.47 Å². The first-order chi connectivity index (χ1) is 12.2. The summed E-state index contributed by atoms with van der Waals surface area (Å²) in [6.07, 6.45) is 0. The van der Waals surface area contributed by atoms with Crippen LogP contribution in [0.4, 0.5) is 17.3 Å². The van der Waals surface area contributed by atoms with Gasteiger partial charge in [0.1, 0.15) is 0 Å². The molecule has 8 heteroatoms. The van der Waals surface area contributed by atoms with Crippen LogP contribution in [0.2, 0.25) is 0 Å². The lowest BCUT2D eigenvalue weighted by molar-refractivity contribution is 0.103. The number of hydrogen-bond donors (Lipinski definition) is 2. The molecule has 2 heterocycles. The number of anilines is 3. The molecule has 1 amide bonds. The third-order valence-electron chi connectivity index (χ3n) is 3.31. The van der Waals surface area contributed by atoms with Gasteiger partial charge in [0, 0.05) is 11.8 Å². The van der Waals surface area contributed by atoms with E-state index < -0.39 is 0 Å². The standard InChI is InChI=1S/C17H16N4O3S/c1-23-12-6-5-11(10-13(12)24-2)18-15-7-8-16(21-20-15)19-17(22)14-4-3-9-25-14/h3-10H,1-2H3,(H,18,20)(H,19,21,22). The van der Waals surface area contributed by atoms with E-state index >= 15 is 0 Å². The highest BCUT2D eigenvalue weighted by molar-refractivity contribution is 7.12. The lowest BCUT2D eigenvalue weighted by Crippen LogP contribution is -2.12. The topological polar surface area (TPSA) is 85.4 Å². The third kappa shape index (κ3) is 4.04. The van der Waals surface area contributed by atoms with Gasteiger partial charge in [-0.2, -0.15) is 0 Å². The number of thiophene rings is 1. The number of rotatable bonds is 6. The molecule has 7 nitrogen and oxygen atoms in total. The molecule has 2 N–H and O–H groups in total. The summed E-state index contributed by atoms with van der Waals surface area (Å²) in [5.41, 5.74) is 0.780. The molecular weight excluding hydrogens is 340 g/mol. The maximum absolute atomic E-state index is 12.0. The van der Waals surface area contributed by atoms with Crippen molar-refractivity contribution < 1.29 is 14.3 Å². The Bertz CT molecular complexity index is 851. The lowest BCUT2D eigenvalue weighted by atomic mass is 10.2. The second-order valence-corrected chi connectivity index (χ2v) is 5.88. The molecule has 0 bridgehead atoms. The summed E-state index contributed by atoms with van der Waals surface area (Å²) in [7, 11) is 3.16. The van der Waals surface area contributed by atoms with Gasteiger partial charge >= 0.3 is 0 Å². The van der Waals surface area contributed by atoms with Gasteiger partial charge in [0.15, 0.2) is 23.1 Å². The first-order valence-electron chi connectivity index (χ1n) is 7.37. The molecular formula is C17H16N4O3S. The average Bonchev–Trinajstić information content (AvgIpc) is 3.18. The van der Waals surface area contributed by atoms with Crippen molar-refractivity contribution >= 4 is 34.6 Å². The second-order valence-electron chi connectivity index (χ2n) is 4.93. The van der Waals surface area contributed by atoms with Crippen molar-refractivity contribution in [2.75, 3.05) is 24.9 Å². The number of ether oxygens (including phenoxy) is 2. The Morgan fingerprint density at radius 3 is 2.40 bits per heavy atom. The van der Waals surface area contributed by atoms with Crippen LogP contribution in [0, 0.1) is 0 Å². The van der Waals surface area contributed by atoms with Gasteiger partial charge in [-0.25, -0.2) is 0 Å². The molecule has 0 radical (unpaired) electrons. The molecule has 0 saturated heterocycles. The van der Waals surface area contributed by atoms with Gasteiger partial charge < -0.3 is 20.1 Å². The zero-order valence-electron chi connectivity index (χ0n) is 13.6. The fourth-order valence-electron chi connectivity index (χ4n) is 2.11. The number of carbonyl (C=O) groups is 1. The Morgan fingerprint density at radius 1 is 1.00 bits per heavy atom. The number of aromatic nitrogens is 2. The Balaban J connectivity index is 1.67. The van der Waals surface area contributed by atoms with E-state index in [2.05, 4.69) is 20.8 Å². The van der Waals surface area contributed by atoms with Gasteiger partial charge in [-0.05, 0) is 35.7 Å². The normalized spacial score (nSPS) is 10.2. The van der Waals surface area contributed by atoms with Crippen LogP contribution in [0.1, 0.15) is 9.67 Å². The molecule has 0 aliphatic carbocycles. The molecule has 0 unspecified atom stereocenters. The van der Waals surface area contributed by atoms with Crippen molar-refractivity contribution in [3.8, 4) is 11.5 Å². The quantitative estimate of drug-likeness (QED) is 0.702. The van der Waals surface area contributed by atoms with E-state index in [0.717, 1.165) is 5.69 Å². The van der Waals surface area contributed by atoms with Crippen molar-refractivity contribution in [1.82, 2.24) is 10.2 Å². The lowest BCUT2D eigenvalue weighted by Gasteiger charge is -2.10. The molecule has 0 saturated carbocycles. The van der Waals surface area contributed by atoms with E-state index in [-0.39, 0.29) is 5.91 Å². The fourth-order valence-corrected chi connectivity index (χ4v) is 2.73. The van der Waals surface area contributed by atoms with Gasteiger partial charge in [-0.1, -0.05) is 6.07 Å². The van der Waals surface area contributed by atoms with Gasteiger partial charge in [-0.15, -0.1) is 21.5 Å². The summed E-state index contributed by atoms with van der Waals surface area (Å²) >= 11 is 1.37. The summed E-state index contributed by atoms with van der Waals surface area (Å²) in [6.45, 7) is 0. The number of nitrogens with one attached hydrogen (secondary N) is 2. The highest BCUT2D eigenvalue weighted by Crippen LogP contribution is 2.30. The Morgan fingerprint density at radius 2 is 1.76 bits per heavy atom. The summed E-state index contributed by atoms with van der Waals surface area (Å²) in [5, 5.41) is 15.7. The third-order valence-corrected chi connectivity index (χ3v) is 4.18. The Hall–Kier alpha value is -3.13. The molecule has 128 valence electrons. The van der Waals surface area contributed by atoms with Gasteiger partial charge in [-0.3, -0.25) is 4.79 Å². The van der Waals surface area contributed by atoms with Crippen molar-refractivity contribution in [2.45, 2.75) is 0 Å². The number of methoxy groups -OCH3 is 2. The molecule has 1 aromatic carbocycles. The Labute approximate surface area is 148 Å². The van der Waals surface area contributed by atoms with E-state index in [1.165, 1.54) is 11.3 Å². The highest BCUT2D eigenvalue weighted by atomic mass is 32.1. The number of amides is 1. The largest absolute Gasteiger partial charge is 0.493 e. The zero-order valence-corrected chi connectivity index (χ0v) is 14.5. The monoisotopic (exact) mass is 356 g/mol. The summed E-state index contributed by atoms with van der Waals surface area (Å²) in [6, 6.07) is 12.4. The summed E-state index contributed by atoms with van der Waals surface area (Å²) in [4.78, 5) is 12.6. The Kier molecular flexibility index (Phi) is 5.10. The highest BCUT2D eigenvalue weighted by Gasteiger charge is 2.09. The van der Waals surface area contributed by atoms with Crippen molar-refractivity contribution in [2.24, 2.45) is 0 Å². The maximum Gasteiger partial charge on any atom is 0.266 e. The van der Waals surface area contributed by atoms with Crippen LogP contribution in [-0.4, -0.2) is 30.3 Å². The number of benzene rings is 1. The second kappa shape index (κ2) is 7.63. The van der Waals surface area contributed by atoms with Crippen molar-refractivity contribution in [3.05, 3.63) is 52.7 Å². The summed E-state index contributed by atoms with van der Waals surface area (Å²) < 4.78 is 10.5. The first kappa shape index (κ1) is 16.7. The maximum atomic E-state index is 12.0. The fraction of sp³-hybridized carbons (Fsp3) is 0.118. The summed E-state index contributed by atoms with van der Waals surface area (Å²) in [5.74, 6) is 1.98. The van der Waals surface area contributed by atoms with Crippen LogP contribution in [0.15, 0.2) is 47.8 Å². The minimum absolute atomic E-state index is 0.204. The predicted molar refractivity (Wildman–Crippen MR) is 97.1 cm³/mol. The van der Waals surface area contributed by atoms with Crippen molar-refractivity contribution in [1.29, 1.82) is 0 Å². The molecule has 0 aliphatic rings. The van der Waals surface area contributed by atoms with Crippen LogP contribution < -0.4 is 20.1 Å². The van der Waals surface area contributed by atoms with Crippen LogP contribution in [0.25, 0.3) is 0 Å². The molecule has 3 rings (SSSR count). The van der Waals surface area contributed by atoms with Crippen LogP contribution in [0.3, 0.4) is 0 Å². The minimum Gasteiger partial charge on any atom is -0.493 e. The molecule has 3 aromatic rings. The SMILES string of the molecule is COc1ccc(Nc2ccc(NC(=O)c3cccs3)nn2)cc1OC. The van der Waals surface area contributed by atoms with E-state index in [1.54, 1.807) is 44.6 Å². The van der Waals surface area contributed by atoms with E-state index in [0.29, 0.717) is 28.0 Å². The van der Waals surface area contributed by atoms with Gasteiger partial charge in [0.25, 0.3) is 5.91 Å². The molecule has 0 fully saturated rings. The van der Waals surface area contributed by atoms with Gasteiger partial charge in [0.05, 0.1) is 19.1 Å². The minimum atomic E-state index is -0.204. The van der Waals surface area contributed by atoms with Crippen LogP contribution >= 0.6 is 11.3 Å². The number of hydrogen-bond acceptors (Lipinski definition) is 7. The zero-order chi connectivity index (χ0) is 17.6. The van der Waals surface area contributed by atoms with Crippen LogP contribution in [0.5, 0.6) is 11.5 Å². The van der Waals surface area contributed by atoms with Crippen molar-refractivity contribution in [3.63, 3.8) is 0 Å². The molecule has 2 aromatic heterocycles. The molecule has 25 heavy (non-hydrogen) atoms. The molecule has 0 spiro atoms. The van der Waals surface area contributed by atoms with E-state index in [1.807, 2.05) is 17.5 Å². The van der Waals surface area contributed by atoms with Crippen LogP contribution in [-0.2, 0) is 0 Å². The molecule has 0 atom stereocenters. The molecule has 0 aliphatic heterocycles. The van der Waals surface area contributed by atoms with E-state index in [9.17, 15) is 4.79 Å². The van der Waals surface area contributed by atoms with Gasteiger partial charge in [0.2, 0.25) is 0 Å². The predicted octanol–water partition coefficient (Wildman–Crippen LogP) is 3.55. The average molecular weight is 356 g/mol. The first-order valence-corrected chi connectivity index (χ1v) is 8.25.